The van der Waals surface area contributed by atoms with Gasteiger partial charge in [0.2, 0.25) is 5.91 Å². The van der Waals surface area contributed by atoms with E-state index in [9.17, 15) is 9.18 Å². The number of aromatic nitrogens is 2. The van der Waals surface area contributed by atoms with Crippen molar-refractivity contribution in [3.63, 3.8) is 0 Å². The van der Waals surface area contributed by atoms with Crippen LogP contribution in [0.4, 0.5) is 15.3 Å². The first kappa shape index (κ1) is 20.4. The summed E-state index contributed by atoms with van der Waals surface area (Å²) in [7, 11) is 0. The summed E-state index contributed by atoms with van der Waals surface area (Å²) in [4.78, 5) is 23.4. The Labute approximate surface area is 178 Å². The Kier molecular flexibility index (Phi) is 6.35. The zero-order valence-electron chi connectivity index (χ0n) is 16.7. The smallest absolute Gasteiger partial charge is 0.219 e. The number of carbonyl (C=O) groups is 1. The minimum atomic E-state index is -0.256. The number of hydrogen-bond donors (Lipinski definition) is 1. The molecule has 3 heterocycles. The summed E-state index contributed by atoms with van der Waals surface area (Å²) < 4.78 is 18.8. The molecule has 1 atom stereocenters. The molecule has 1 unspecified atom stereocenters. The normalized spacial score (nSPS) is 16.9. The highest BCUT2D eigenvalue weighted by molar-refractivity contribution is 7.18. The number of thiazole rings is 1. The van der Waals surface area contributed by atoms with Crippen LogP contribution in [0.5, 0.6) is 0 Å². The van der Waals surface area contributed by atoms with E-state index in [1.54, 1.807) is 31.5 Å². The number of hydrogen-bond acceptors (Lipinski definition) is 6. The maximum Gasteiger partial charge on any atom is 0.219 e. The molecule has 0 radical (unpaired) electrons. The Morgan fingerprint density at radius 2 is 2.13 bits per heavy atom. The third kappa shape index (κ3) is 5.20. The van der Waals surface area contributed by atoms with Crippen molar-refractivity contribution in [2.24, 2.45) is 5.92 Å². The fourth-order valence-corrected chi connectivity index (χ4v) is 4.31. The van der Waals surface area contributed by atoms with Crippen LogP contribution >= 0.6 is 11.3 Å². The molecule has 1 aliphatic heterocycles. The number of nitrogens with zero attached hydrogens (tertiary/aromatic N) is 3. The molecule has 0 aliphatic carbocycles. The average molecular weight is 427 g/mol. The highest BCUT2D eigenvalue weighted by Gasteiger charge is 2.20. The van der Waals surface area contributed by atoms with Gasteiger partial charge in [-0.1, -0.05) is 23.5 Å². The summed E-state index contributed by atoms with van der Waals surface area (Å²) in [5.74, 6) is 0.790. The zero-order valence-corrected chi connectivity index (χ0v) is 17.5. The van der Waals surface area contributed by atoms with Crippen LogP contribution < -0.4 is 5.32 Å². The van der Waals surface area contributed by atoms with Crippen LogP contribution in [0.25, 0.3) is 10.4 Å². The van der Waals surface area contributed by atoms with Crippen LogP contribution in [0, 0.1) is 11.7 Å². The second-order valence-electron chi connectivity index (χ2n) is 7.32. The van der Waals surface area contributed by atoms with Crippen molar-refractivity contribution >= 4 is 28.2 Å². The maximum atomic E-state index is 13.1. The Balaban J connectivity index is 1.42. The quantitative estimate of drug-likeness (QED) is 0.665. The van der Waals surface area contributed by atoms with Gasteiger partial charge >= 0.3 is 0 Å². The molecule has 3 aromatic rings. The first-order valence-corrected chi connectivity index (χ1v) is 10.7. The Morgan fingerprint density at radius 1 is 1.30 bits per heavy atom. The van der Waals surface area contributed by atoms with Crippen LogP contribution in [0.3, 0.4) is 0 Å². The van der Waals surface area contributed by atoms with Gasteiger partial charge in [-0.05, 0) is 41.8 Å². The van der Waals surface area contributed by atoms with Crippen molar-refractivity contribution in [3.05, 3.63) is 60.2 Å². The van der Waals surface area contributed by atoms with Crippen LogP contribution in [-0.2, 0) is 16.0 Å². The number of halogens is 1. The van der Waals surface area contributed by atoms with Gasteiger partial charge in [-0.3, -0.25) is 4.79 Å². The molecular formula is C22H23FN4O2S. The van der Waals surface area contributed by atoms with Crippen molar-refractivity contribution in [2.45, 2.75) is 13.3 Å². The number of anilines is 2. The van der Waals surface area contributed by atoms with Gasteiger partial charge in [0.25, 0.3) is 0 Å². The van der Waals surface area contributed by atoms with Crippen molar-refractivity contribution in [2.75, 3.05) is 31.6 Å². The zero-order chi connectivity index (χ0) is 20.9. The molecule has 4 rings (SSSR count). The largest absolute Gasteiger partial charge is 0.379 e. The van der Waals surface area contributed by atoms with E-state index >= 15 is 0 Å². The van der Waals surface area contributed by atoms with Gasteiger partial charge < -0.3 is 15.0 Å². The molecule has 0 bridgehead atoms. The predicted octanol–water partition coefficient (Wildman–Crippen LogP) is 4.13. The molecule has 1 aliphatic rings. The molecular weight excluding hydrogens is 403 g/mol. The fraction of sp³-hybridized carbons (Fsp3) is 0.318. The number of pyridine rings is 1. The molecule has 2 aromatic heterocycles. The molecule has 1 saturated heterocycles. The minimum Gasteiger partial charge on any atom is -0.379 e. The summed E-state index contributed by atoms with van der Waals surface area (Å²) in [5, 5.41) is 3.97. The molecule has 30 heavy (non-hydrogen) atoms. The van der Waals surface area contributed by atoms with E-state index in [1.807, 2.05) is 17.0 Å². The lowest BCUT2D eigenvalue weighted by Crippen LogP contribution is -2.34. The monoisotopic (exact) mass is 426 g/mol. The van der Waals surface area contributed by atoms with E-state index in [0.29, 0.717) is 32.1 Å². The molecule has 0 saturated carbocycles. The number of carbonyl (C=O) groups excluding carboxylic acids is 1. The highest BCUT2D eigenvalue weighted by atomic mass is 32.1. The lowest BCUT2D eigenvalue weighted by Gasteiger charge is -2.22. The van der Waals surface area contributed by atoms with Crippen LogP contribution in [-0.4, -0.2) is 47.1 Å². The van der Waals surface area contributed by atoms with Crippen molar-refractivity contribution in [1.82, 2.24) is 14.9 Å². The second-order valence-corrected chi connectivity index (χ2v) is 8.35. The number of benzene rings is 1. The number of nitrogens with one attached hydrogen (secondary N) is 1. The molecule has 156 valence electrons. The van der Waals surface area contributed by atoms with Crippen LogP contribution in [0.2, 0.25) is 0 Å². The van der Waals surface area contributed by atoms with Crippen molar-refractivity contribution in [3.8, 4) is 10.4 Å². The third-order valence-corrected chi connectivity index (χ3v) is 5.96. The Bertz CT molecular complexity index is 1010. The van der Waals surface area contributed by atoms with E-state index in [1.165, 1.54) is 23.5 Å². The molecule has 0 spiro atoms. The van der Waals surface area contributed by atoms with Crippen molar-refractivity contribution in [1.29, 1.82) is 0 Å². The molecule has 8 heteroatoms. The van der Waals surface area contributed by atoms with E-state index < -0.39 is 0 Å². The topological polar surface area (TPSA) is 67.4 Å². The SMILES string of the molecule is CC(=O)N1CCOCC(Cc2ccnc(Nc3ncc(-c4ccc(F)cc4)s3)c2)C1. The first-order valence-electron chi connectivity index (χ1n) is 9.84. The summed E-state index contributed by atoms with van der Waals surface area (Å²) in [6.07, 6.45) is 4.34. The summed E-state index contributed by atoms with van der Waals surface area (Å²) >= 11 is 1.49. The standard InChI is InChI=1S/C22H23FN4O2S/c1-15(28)27-8-9-29-14-17(13-27)10-16-6-7-24-21(11-16)26-22-25-12-20(30-22)18-2-4-19(23)5-3-18/h2-7,11-12,17H,8-10,13-14H2,1H3,(H,24,25,26). The first-order chi connectivity index (χ1) is 14.6. The van der Waals surface area contributed by atoms with E-state index in [2.05, 4.69) is 15.3 Å². The van der Waals surface area contributed by atoms with Gasteiger partial charge in [0, 0.05) is 38.3 Å². The van der Waals surface area contributed by atoms with Gasteiger partial charge in [0.05, 0.1) is 18.1 Å². The second kappa shape index (κ2) is 9.32. The summed E-state index contributed by atoms with van der Waals surface area (Å²) in [6, 6.07) is 10.4. The molecule has 1 fully saturated rings. The van der Waals surface area contributed by atoms with E-state index in [0.717, 1.165) is 27.6 Å². The van der Waals surface area contributed by atoms with Gasteiger partial charge in [-0.15, -0.1) is 0 Å². The summed E-state index contributed by atoms with van der Waals surface area (Å²) in [6.45, 7) is 4.18. The van der Waals surface area contributed by atoms with Gasteiger partial charge in [-0.25, -0.2) is 14.4 Å². The number of ether oxygens (including phenoxy) is 1. The van der Waals surface area contributed by atoms with E-state index in [4.69, 9.17) is 4.74 Å². The van der Waals surface area contributed by atoms with Gasteiger partial charge in [0.1, 0.15) is 11.6 Å². The Hall–Kier alpha value is -2.84. The predicted molar refractivity (Wildman–Crippen MR) is 115 cm³/mol. The minimum absolute atomic E-state index is 0.0864. The highest BCUT2D eigenvalue weighted by Crippen LogP contribution is 2.30. The third-order valence-electron chi connectivity index (χ3n) is 5.00. The maximum absolute atomic E-state index is 13.1. The molecule has 1 amide bonds. The van der Waals surface area contributed by atoms with E-state index in [-0.39, 0.29) is 17.6 Å². The molecule has 1 N–H and O–H groups in total. The number of amides is 1. The lowest BCUT2D eigenvalue weighted by atomic mass is 10.0. The molecule has 1 aromatic carbocycles. The van der Waals surface area contributed by atoms with Gasteiger partial charge in [-0.2, -0.15) is 0 Å². The Morgan fingerprint density at radius 3 is 2.93 bits per heavy atom. The average Bonchev–Trinajstić information content (AvgIpc) is 3.06. The summed E-state index contributed by atoms with van der Waals surface area (Å²) in [5.41, 5.74) is 2.05. The fourth-order valence-electron chi connectivity index (χ4n) is 3.48. The number of rotatable bonds is 5. The van der Waals surface area contributed by atoms with Crippen LogP contribution in [0.1, 0.15) is 12.5 Å². The van der Waals surface area contributed by atoms with Gasteiger partial charge in [0.15, 0.2) is 5.13 Å². The van der Waals surface area contributed by atoms with Crippen LogP contribution in [0.15, 0.2) is 48.8 Å². The molecule has 6 nitrogen and oxygen atoms in total. The lowest BCUT2D eigenvalue weighted by molar-refractivity contribution is -0.129. The van der Waals surface area contributed by atoms with Crippen molar-refractivity contribution < 1.29 is 13.9 Å².